The normalized spacial score (nSPS) is 12.6. The first kappa shape index (κ1) is 24.1. The summed E-state index contributed by atoms with van der Waals surface area (Å²) in [5, 5.41) is 2.09. The number of ether oxygens (including phenoxy) is 3. The van der Waals surface area contributed by atoms with E-state index in [4.69, 9.17) is 9.47 Å². The standard InChI is InChI=1S/C23H27F2NO5/c1-5-29-20(27)23(24,25)19(26-21(28)31-22(2,3)4)17-11-13-18(14-12-17)30-15-16-9-7-6-8-10-16/h6-14,19H,5,15H2,1-4H3,(H,26,28). The van der Waals surface area contributed by atoms with Crippen molar-refractivity contribution < 1.29 is 32.6 Å². The number of carbonyl (C=O) groups is 2. The third kappa shape index (κ3) is 7.24. The summed E-state index contributed by atoms with van der Waals surface area (Å²) >= 11 is 0. The van der Waals surface area contributed by atoms with Crippen LogP contribution in [0.2, 0.25) is 0 Å². The summed E-state index contributed by atoms with van der Waals surface area (Å²) in [4.78, 5) is 24.0. The molecule has 0 heterocycles. The Morgan fingerprint density at radius 3 is 2.16 bits per heavy atom. The summed E-state index contributed by atoms with van der Waals surface area (Å²) in [7, 11) is 0. The number of alkyl halides is 2. The molecule has 0 aliphatic heterocycles. The Morgan fingerprint density at radius 2 is 1.61 bits per heavy atom. The highest BCUT2D eigenvalue weighted by Crippen LogP contribution is 2.34. The van der Waals surface area contributed by atoms with Gasteiger partial charge in [-0.15, -0.1) is 0 Å². The molecule has 6 nitrogen and oxygen atoms in total. The molecule has 2 aromatic carbocycles. The van der Waals surface area contributed by atoms with Crippen molar-refractivity contribution in [1.82, 2.24) is 5.32 Å². The molecule has 31 heavy (non-hydrogen) atoms. The van der Waals surface area contributed by atoms with Gasteiger partial charge in [0, 0.05) is 0 Å². The molecule has 1 atom stereocenters. The molecule has 8 heteroatoms. The zero-order valence-electron chi connectivity index (χ0n) is 18.0. The maximum absolute atomic E-state index is 14.8. The number of rotatable bonds is 8. The van der Waals surface area contributed by atoms with Crippen LogP contribution in [0.25, 0.3) is 0 Å². The van der Waals surface area contributed by atoms with Gasteiger partial charge in [-0.05, 0) is 51.0 Å². The van der Waals surface area contributed by atoms with Gasteiger partial charge in [-0.2, -0.15) is 8.78 Å². The van der Waals surface area contributed by atoms with Crippen molar-refractivity contribution in [3.63, 3.8) is 0 Å². The van der Waals surface area contributed by atoms with Crippen molar-refractivity contribution in [3.05, 3.63) is 65.7 Å². The van der Waals surface area contributed by atoms with Gasteiger partial charge in [0.15, 0.2) is 0 Å². The molecule has 0 radical (unpaired) electrons. The molecule has 1 unspecified atom stereocenters. The maximum Gasteiger partial charge on any atom is 0.408 e. The number of benzene rings is 2. The summed E-state index contributed by atoms with van der Waals surface area (Å²) in [5.74, 6) is -5.30. The molecule has 0 aromatic heterocycles. The van der Waals surface area contributed by atoms with Crippen LogP contribution in [-0.2, 0) is 20.9 Å². The van der Waals surface area contributed by atoms with Gasteiger partial charge in [-0.3, -0.25) is 0 Å². The van der Waals surface area contributed by atoms with Crippen LogP contribution in [0.3, 0.4) is 0 Å². The zero-order chi connectivity index (χ0) is 23.1. The van der Waals surface area contributed by atoms with Crippen LogP contribution in [0.4, 0.5) is 13.6 Å². The highest BCUT2D eigenvalue weighted by molar-refractivity contribution is 5.80. The Labute approximate surface area is 180 Å². The molecule has 1 amide bonds. The van der Waals surface area contributed by atoms with Gasteiger partial charge in [0.05, 0.1) is 6.61 Å². The molecule has 0 saturated carbocycles. The van der Waals surface area contributed by atoms with Crippen LogP contribution >= 0.6 is 0 Å². The monoisotopic (exact) mass is 435 g/mol. The maximum atomic E-state index is 14.8. The molecule has 168 valence electrons. The number of carbonyl (C=O) groups excluding carboxylic acids is 2. The molecular formula is C23H27F2NO5. The molecule has 0 saturated heterocycles. The van der Waals surface area contributed by atoms with Crippen LogP contribution in [-0.4, -0.2) is 30.2 Å². The van der Waals surface area contributed by atoms with Crippen LogP contribution in [0, 0.1) is 0 Å². The number of halogens is 2. The largest absolute Gasteiger partial charge is 0.489 e. The summed E-state index contributed by atoms with van der Waals surface area (Å²) in [5.41, 5.74) is 0.0454. The van der Waals surface area contributed by atoms with Gasteiger partial charge in [-0.25, -0.2) is 9.59 Å². The lowest BCUT2D eigenvalue weighted by atomic mass is 10.0. The van der Waals surface area contributed by atoms with E-state index in [1.54, 1.807) is 20.8 Å². The topological polar surface area (TPSA) is 73.9 Å². The number of alkyl carbamates (subject to hydrolysis) is 1. The minimum absolute atomic E-state index is 0.00373. The Kier molecular flexibility index (Phi) is 7.96. The quantitative estimate of drug-likeness (QED) is 0.589. The van der Waals surface area contributed by atoms with Crippen LogP contribution in [0.5, 0.6) is 5.75 Å². The Morgan fingerprint density at radius 1 is 1.00 bits per heavy atom. The van der Waals surface area contributed by atoms with E-state index in [1.807, 2.05) is 30.3 Å². The summed E-state index contributed by atoms with van der Waals surface area (Å²) in [6.45, 7) is 6.31. The van der Waals surface area contributed by atoms with E-state index < -0.39 is 29.6 Å². The molecule has 2 aromatic rings. The Hall–Kier alpha value is -3.16. The molecule has 0 spiro atoms. The van der Waals surface area contributed by atoms with Gasteiger partial charge in [0.1, 0.15) is 24.0 Å². The van der Waals surface area contributed by atoms with E-state index in [0.717, 1.165) is 5.56 Å². The predicted octanol–water partition coefficient (Wildman–Crippen LogP) is 5.03. The third-order valence-corrected chi connectivity index (χ3v) is 4.03. The van der Waals surface area contributed by atoms with Crippen molar-refractivity contribution in [3.8, 4) is 5.75 Å². The second-order valence-corrected chi connectivity index (χ2v) is 7.77. The van der Waals surface area contributed by atoms with Crippen molar-refractivity contribution in [2.75, 3.05) is 6.61 Å². The average molecular weight is 435 g/mol. The fourth-order valence-corrected chi connectivity index (χ4v) is 2.65. The van der Waals surface area contributed by atoms with Crippen molar-refractivity contribution in [2.24, 2.45) is 0 Å². The SMILES string of the molecule is CCOC(=O)C(F)(F)C(NC(=O)OC(C)(C)C)c1ccc(OCc2ccccc2)cc1. The number of amides is 1. The summed E-state index contributed by atoms with van der Waals surface area (Å²) in [6, 6.07) is 13.2. The van der Waals surface area contributed by atoms with Crippen molar-refractivity contribution >= 4 is 12.1 Å². The first-order valence-electron chi connectivity index (χ1n) is 9.84. The lowest BCUT2D eigenvalue weighted by molar-refractivity contribution is -0.176. The molecule has 2 rings (SSSR count). The zero-order valence-corrected chi connectivity index (χ0v) is 18.0. The van der Waals surface area contributed by atoms with Crippen molar-refractivity contribution in [1.29, 1.82) is 0 Å². The van der Waals surface area contributed by atoms with Gasteiger partial charge >= 0.3 is 18.0 Å². The van der Waals surface area contributed by atoms with Crippen molar-refractivity contribution in [2.45, 2.75) is 51.9 Å². The molecule has 0 aliphatic carbocycles. The third-order valence-electron chi connectivity index (χ3n) is 4.03. The van der Waals surface area contributed by atoms with Crippen LogP contribution < -0.4 is 10.1 Å². The van der Waals surface area contributed by atoms with Gasteiger partial charge in [0.2, 0.25) is 0 Å². The highest BCUT2D eigenvalue weighted by Gasteiger charge is 2.51. The minimum atomic E-state index is -4.01. The highest BCUT2D eigenvalue weighted by atomic mass is 19.3. The van der Waals surface area contributed by atoms with Gasteiger partial charge < -0.3 is 19.5 Å². The fourth-order valence-electron chi connectivity index (χ4n) is 2.65. The molecule has 0 fully saturated rings. The smallest absolute Gasteiger partial charge is 0.408 e. The molecule has 0 bridgehead atoms. The summed E-state index contributed by atoms with van der Waals surface area (Å²) in [6.07, 6.45) is -1.08. The van der Waals surface area contributed by atoms with E-state index in [-0.39, 0.29) is 12.2 Å². The first-order chi connectivity index (χ1) is 14.5. The van der Waals surface area contributed by atoms with E-state index >= 15 is 0 Å². The molecule has 1 N–H and O–H groups in total. The number of esters is 1. The number of nitrogens with one attached hydrogen (secondary N) is 1. The minimum Gasteiger partial charge on any atom is -0.489 e. The molecule has 0 aliphatic rings. The predicted molar refractivity (Wildman–Crippen MR) is 111 cm³/mol. The Bertz CT molecular complexity index is 864. The fraction of sp³-hybridized carbons (Fsp3) is 0.391. The van der Waals surface area contributed by atoms with E-state index in [1.165, 1.54) is 31.2 Å². The number of hydrogen-bond donors (Lipinski definition) is 1. The van der Waals surface area contributed by atoms with E-state index in [2.05, 4.69) is 10.1 Å². The van der Waals surface area contributed by atoms with Gasteiger partial charge in [-0.1, -0.05) is 42.5 Å². The lowest BCUT2D eigenvalue weighted by Gasteiger charge is -2.28. The second kappa shape index (κ2) is 10.2. The number of hydrogen-bond acceptors (Lipinski definition) is 5. The lowest BCUT2D eigenvalue weighted by Crippen LogP contribution is -2.47. The Balaban J connectivity index is 2.21. The van der Waals surface area contributed by atoms with E-state index in [9.17, 15) is 18.4 Å². The molecular weight excluding hydrogens is 408 g/mol. The summed E-state index contributed by atoms with van der Waals surface area (Å²) < 4.78 is 44.9. The average Bonchev–Trinajstić information content (AvgIpc) is 2.70. The van der Waals surface area contributed by atoms with Crippen LogP contribution in [0.1, 0.15) is 44.9 Å². The second-order valence-electron chi connectivity index (χ2n) is 7.77. The first-order valence-corrected chi connectivity index (χ1v) is 9.84. The van der Waals surface area contributed by atoms with Gasteiger partial charge in [0.25, 0.3) is 0 Å². The van der Waals surface area contributed by atoms with Crippen LogP contribution in [0.15, 0.2) is 54.6 Å². The van der Waals surface area contributed by atoms with E-state index in [0.29, 0.717) is 12.4 Å².